The maximum absolute atomic E-state index is 6.07. The number of epoxide rings is 1. The highest BCUT2D eigenvalue weighted by Gasteiger charge is 2.52. The van der Waals surface area contributed by atoms with Crippen molar-refractivity contribution in [3.8, 4) is 0 Å². The fourth-order valence-corrected chi connectivity index (χ4v) is 3.26. The number of hydrogen-bond acceptors (Lipinski definition) is 4. The second-order valence-corrected chi connectivity index (χ2v) is 5.68. The number of likely N-dealkylation sites (tertiary alicyclic amines) is 2. The molecule has 4 heteroatoms. The van der Waals surface area contributed by atoms with Crippen molar-refractivity contribution >= 4 is 0 Å². The Morgan fingerprint density at radius 1 is 1.29 bits per heavy atom. The highest BCUT2D eigenvalue weighted by Crippen LogP contribution is 2.37. The van der Waals surface area contributed by atoms with Crippen LogP contribution in [0.3, 0.4) is 0 Å². The molecule has 0 aromatic carbocycles. The van der Waals surface area contributed by atoms with E-state index in [1.807, 2.05) is 0 Å². The molecule has 0 bridgehead atoms. The summed E-state index contributed by atoms with van der Waals surface area (Å²) >= 11 is 0. The average molecular weight is 237 g/mol. The average Bonchev–Trinajstić information content (AvgIpc) is 2.75. The number of rotatable bonds is 4. The molecule has 4 nitrogen and oxygen atoms in total. The van der Waals surface area contributed by atoms with Crippen LogP contribution in [0.2, 0.25) is 0 Å². The van der Waals surface area contributed by atoms with Gasteiger partial charge in [0.15, 0.2) is 5.85 Å². The molecule has 0 amide bonds. The van der Waals surface area contributed by atoms with Crippen LogP contribution >= 0.6 is 0 Å². The molecule has 3 unspecified atom stereocenters. The third-order valence-electron chi connectivity index (χ3n) is 4.38. The van der Waals surface area contributed by atoms with E-state index in [4.69, 9.17) is 10.5 Å². The monoisotopic (exact) mass is 237 g/mol. The summed E-state index contributed by atoms with van der Waals surface area (Å²) in [5.74, 6) is 1.23. The van der Waals surface area contributed by atoms with Gasteiger partial charge in [-0.1, -0.05) is 12.2 Å². The molecule has 2 N–H and O–H groups in total. The van der Waals surface area contributed by atoms with E-state index >= 15 is 0 Å². The minimum atomic E-state index is -0.389. The molecule has 0 aliphatic carbocycles. The van der Waals surface area contributed by atoms with Crippen LogP contribution in [0.4, 0.5) is 0 Å². The molecular formula is C13H23N3O. The van der Waals surface area contributed by atoms with Crippen molar-refractivity contribution in [3.05, 3.63) is 12.2 Å². The van der Waals surface area contributed by atoms with Crippen LogP contribution in [0.5, 0.6) is 0 Å². The van der Waals surface area contributed by atoms with Gasteiger partial charge in [0, 0.05) is 32.7 Å². The first kappa shape index (κ1) is 11.7. The number of ether oxygens (including phenoxy) is 1. The Morgan fingerprint density at radius 2 is 1.94 bits per heavy atom. The van der Waals surface area contributed by atoms with Gasteiger partial charge in [-0.05, 0) is 25.2 Å². The van der Waals surface area contributed by atoms with Crippen molar-refractivity contribution in [2.45, 2.75) is 19.2 Å². The van der Waals surface area contributed by atoms with Gasteiger partial charge in [0.25, 0.3) is 0 Å². The predicted octanol–water partition coefficient (Wildman–Crippen LogP) is 0.459. The van der Waals surface area contributed by atoms with Crippen molar-refractivity contribution < 1.29 is 4.74 Å². The van der Waals surface area contributed by atoms with Crippen molar-refractivity contribution in [1.29, 1.82) is 0 Å². The fraction of sp³-hybridized carbons (Fsp3) is 0.846. The molecule has 3 atom stereocenters. The summed E-state index contributed by atoms with van der Waals surface area (Å²) in [4.78, 5) is 4.94. The second-order valence-electron chi connectivity index (χ2n) is 5.68. The van der Waals surface area contributed by atoms with Crippen LogP contribution in [0.25, 0.3) is 0 Å². The van der Waals surface area contributed by atoms with Gasteiger partial charge in [0.2, 0.25) is 0 Å². The molecule has 0 aromatic rings. The first-order valence-electron chi connectivity index (χ1n) is 6.73. The van der Waals surface area contributed by atoms with E-state index in [-0.39, 0.29) is 5.85 Å². The van der Waals surface area contributed by atoms with E-state index < -0.39 is 0 Å². The first-order chi connectivity index (χ1) is 8.21. The summed E-state index contributed by atoms with van der Waals surface area (Å²) in [6, 6.07) is 0. The van der Waals surface area contributed by atoms with Gasteiger partial charge in [-0.2, -0.15) is 0 Å². The molecule has 17 heavy (non-hydrogen) atoms. The maximum atomic E-state index is 6.07. The summed E-state index contributed by atoms with van der Waals surface area (Å²) in [5, 5.41) is 0. The Bertz CT molecular complexity index is 300. The summed E-state index contributed by atoms with van der Waals surface area (Å²) < 4.78 is 5.33. The number of nitrogens with two attached hydrogens (primary N) is 1. The molecule has 3 heterocycles. The maximum Gasteiger partial charge on any atom is 0.199 e. The number of nitrogens with zero attached hydrogens (tertiary/aromatic N) is 2. The van der Waals surface area contributed by atoms with Gasteiger partial charge in [0.05, 0.1) is 0 Å². The highest BCUT2D eigenvalue weighted by atomic mass is 16.6. The topological polar surface area (TPSA) is 45.0 Å². The lowest BCUT2D eigenvalue weighted by Gasteiger charge is -2.23. The molecule has 3 aliphatic heterocycles. The van der Waals surface area contributed by atoms with Crippen LogP contribution < -0.4 is 5.73 Å². The lowest BCUT2D eigenvalue weighted by atomic mass is 10.0. The zero-order valence-electron chi connectivity index (χ0n) is 10.6. The van der Waals surface area contributed by atoms with E-state index in [1.165, 1.54) is 26.1 Å². The van der Waals surface area contributed by atoms with Crippen molar-refractivity contribution in [2.24, 2.45) is 17.6 Å². The lowest BCUT2D eigenvalue weighted by molar-refractivity contribution is 0.0945. The van der Waals surface area contributed by atoms with Crippen LogP contribution in [-0.4, -0.2) is 55.0 Å². The quantitative estimate of drug-likeness (QED) is 0.570. The number of fused-ring (bicyclic) bond motifs is 1. The van der Waals surface area contributed by atoms with E-state index in [1.54, 1.807) is 0 Å². The van der Waals surface area contributed by atoms with Gasteiger partial charge >= 0.3 is 0 Å². The zero-order chi connectivity index (χ0) is 11.9. The van der Waals surface area contributed by atoms with Gasteiger partial charge in [-0.25, -0.2) is 0 Å². The molecule has 0 spiro atoms. The van der Waals surface area contributed by atoms with E-state index in [0.29, 0.717) is 0 Å². The molecule has 96 valence electrons. The molecule has 0 saturated carbocycles. The third kappa shape index (κ3) is 2.27. The van der Waals surface area contributed by atoms with Gasteiger partial charge in [0.1, 0.15) is 6.61 Å². The Kier molecular flexibility index (Phi) is 2.99. The Morgan fingerprint density at radius 3 is 2.47 bits per heavy atom. The van der Waals surface area contributed by atoms with Crippen molar-refractivity contribution in [1.82, 2.24) is 9.80 Å². The predicted molar refractivity (Wildman–Crippen MR) is 67.3 cm³/mol. The molecule has 0 radical (unpaired) electrons. The number of hydrogen-bond donors (Lipinski definition) is 1. The van der Waals surface area contributed by atoms with Crippen LogP contribution in [-0.2, 0) is 4.74 Å². The summed E-state index contributed by atoms with van der Waals surface area (Å²) in [6.45, 7) is 8.76. The molecule has 3 fully saturated rings. The zero-order valence-corrected chi connectivity index (χ0v) is 10.6. The lowest BCUT2D eigenvalue weighted by Crippen LogP contribution is -2.45. The fourth-order valence-electron chi connectivity index (χ4n) is 3.26. The molecule has 3 aliphatic rings. The molecule has 3 saturated heterocycles. The summed E-state index contributed by atoms with van der Waals surface area (Å²) in [6.07, 6.45) is 5.58. The largest absolute Gasteiger partial charge is 0.339 e. The minimum Gasteiger partial charge on any atom is -0.339 e. The van der Waals surface area contributed by atoms with Gasteiger partial charge < -0.3 is 9.64 Å². The van der Waals surface area contributed by atoms with Gasteiger partial charge in [-0.15, -0.1) is 0 Å². The molecular weight excluding hydrogens is 214 g/mol. The van der Waals surface area contributed by atoms with Gasteiger partial charge in [-0.3, -0.25) is 10.6 Å². The van der Waals surface area contributed by atoms with Crippen molar-refractivity contribution in [3.63, 3.8) is 0 Å². The van der Waals surface area contributed by atoms with Crippen molar-refractivity contribution in [2.75, 3.05) is 39.3 Å². The summed E-state index contributed by atoms with van der Waals surface area (Å²) in [7, 11) is 0. The minimum absolute atomic E-state index is 0.389. The SMILES string of the molecule is C/C=C/CCN1CC2CN(C3(N)CO3)CC2C1. The van der Waals surface area contributed by atoms with Crippen LogP contribution in [0, 0.1) is 11.8 Å². The Hall–Kier alpha value is -0.420. The number of allylic oxidation sites excluding steroid dienone is 1. The normalized spacial score (nSPS) is 42.5. The Labute approximate surface area is 103 Å². The second kappa shape index (κ2) is 4.35. The standard InChI is InChI=1S/C13H23N3O/c1-2-3-4-5-15-6-11-8-16(9-12(11)7-15)13(14)10-17-13/h2-3,11-12H,4-10,14H2,1H3/b3-2+. The van der Waals surface area contributed by atoms with Crippen LogP contribution in [0.1, 0.15) is 13.3 Å². The van der Waals surface area contributed by atoms with Crippen LogP contribution in [0.15, 0.2) is 12.2 Å². The van der Waals surface area contributed by atoms with E-state index in [9.17, 15) is 0 Å². The first-order valence-corrected chi connectivity index (χ1v) is 6.73. The third-order valence-corrected chi connectivity index (χ3v) is 4.38. The highest BCUT2D eigenvalue weighted by molar-refractivity contribution is 4.99. The Balaban J connectivity index is 1.48. The summed E-state index contributed by atoms with van der Waals surface area (Å²) in [5.41, 5.74) is 6.07. The molecule has 3 rings (SSSR count). The van der Waals surface area contributed by atoms with E-state index in [2.05, 4.69) is 28.9 Å². The van der Waals surface area contributed by atoms with E-state index in [0.717, 1.165) is 31.5 Å². The smallest absolute Gasteiger partial charge is 0.199 e. The molecule has 0 aromatic heterocycles.